The Bertz CT molecular complexity index is 731. The molecule has 0 N–H and O–H groups in total. The van der Waals surface area contributed by atoms with Gasteiger partial charge in [0.25, 0.3) is 5.69 Å². The number of benzene rings is 1. The summed E-state index contributed by atoms with van der Waals surface area (Å²) in [6.07, 6.45) is -4.73. The molecule has 0 aliphatic heterocycles. The number of alkyl halides is 3. The summed E-state index contributed by atoms with van der Waals surface area (Å²) in [6.45, 7) is -0.208. The molecule has 0 saturated carbocycles. The van der Waals surface area contributed by atoms with Crippen molar-refractivity contribution in [1.82, 2.24) is 14.3 Å². The third-order valence-corrected chi connectivity index (χ3v) is 2.77. The molecule has 0 spiro atoms. The predicted molar refractivity (Wildman–Crippen MR) is 64.7 cm³/mol. The number of hydrogen-bond donors (Lipinski definition) is 0. The van der Waals surface area contributed by atoms with Crippen LogP contribution >= 0.6 is 0 Å². The molecular formula is C11H9F3N4O3. The van der Waals surface area contributed by atoms with Gasteiger partial charge in [0.1, 0.15) is 0 Å². The molecule has 0 aliphatic rings. The van der Waals surface area contributed by atoms with Crippen LogP contribution in [-0.4, -0.2) is 19.3 Å². The number of nitro benzene ring substituents is 1. The molecule has 2 aromatic rings. The summed E-state index contributed by atoms with van der Waals surface area (Å²) >= 11 is 0. The highest BCUT2D eigenvalue weighted by atomic mass is 19.4. The highest BCUT2D eigenvalue weighted by Crippen LogP contribution is 2.26. The third-order valence-electron chi connectivity index (χ3n) is 2.77. The van der Waals surface area contributed by atoms with Crippen LogP contribution in [0.4, 0.5) is 18.9 Å². The minimum Gasteiger partial charge on any atom is -0.274 e. The van der Waals surface area contributed by atoms with E-state index in [0.29, 0.717) is 14.8 Å². The Balaban J connectivity index is 2.32. The maximum atomic E-state index is 12.6. The van der Waals surface area contributed by atoms with Crippen molar-refractivity contribution in [2.24, 2.45) is 7.05 Å². The minimum atomic E-state index is -4.73. The van der Waals surface area contributed by atoms with Gasteiger partial charge >= 0.3 is 11.9 Å². The standard InChI is InChI=1S/C11H9F3N4O3/c1-16-9(11(12,13)14)15-17(10(16)19)6-7-2-4-8(5-3-7)18(20)21/h2-5H,6H2,1H3. The largest absolute Gasteiger partial charge is 0.451 e. The maximum Gasteiger partial charge on any atom is 0.451 e. The van der Waals surface area contributed by atoms with Gasteiger partial charge < -0.3 is 0 Å². The van der Waals surface area contributed by atoms with Gasteiger partial charge in [-0.2, -0.15) is 13.2 Å². The van der Waals surface area contributed by atoms with Crippen LogP contribution < -0.4 is 5.69 Å². The molecule has 1 aromatic carbocycles. The van der Waals surface area contributed by atoms with Gasteiger partial charge in [-0.25, -0.2) is 9.48 Å². The Morgan fingerprint density at radius 2 is 1.86 bits per heavy atom. The van der Waals surface area contributed by atoms with E-state index in [4.69, 9.17) is 0 Å². The Hall–Kier alpha value is -2.65. The second kappa shape index (κ2) is 5.04. The third kappa shape index (κ3) is 2.93. The molecule has 1 heterocycles. The molecule has 0 radical (unpaired) electrons. The first-order valence-electron chi connectivity index (χ1n) is 5.64. The van der Waals surface area contributed by atoms with Crippen LogP contribution in [0.15, 0.2) is 29.1 Å². The van der Waals surface area contributed by atoms with Gasteiger partial charge in [-0.05, 0) is 5.56 Å². The highest BCUT2D eigenvalue weighted by Gasteiger charge is 2.37. The Morgan fingerprint density at radius 1 is 1.29 bits per heavy atom. The summed E-state index contributed by atoms with van der Waals surface area (Å²) in [7, 11) is 0.977. The average molecular weight is 302 g/mol. The number of aromatic nitrogens is 3. The van der Waals surface area contributed by atoms with Crippen molar-refractivity contribution >= 4 is 5.69 Å². The molecule has 0 bridgehead atoms. The Labute approximate surface area is 115 Å². The van der Waals surface area contributed by atoms with E-state index < -0.39 is 22.6 Å². The van der Waals surface area contributed by atoms with E-state index in [1.165, 1.54) is 24.3 Å². The number of nitro groups is 1. The van der Waals surface area contributed by atoms with E-state index in [0.717, 1.165) is 7.05 Å². The predicted octanol–water partition coefficient (Wildman–Crippen LogP) is 1.56. The molecular weight excluding hydrogens is 293 g/mol. The van der Waals surface area contributed by atoms with Gasteiger partial charge in [0.2, 0.25) is 5.82 Å². The molecule has 7 nitrogen and oxygen atoms in total. The Kier molecular flexibility index (Phi) is 3.54. The number of non-ortho nitro benzene ring substituents is 1. The quantitative estimate of drug-likeness (QED) is 0.636. The summed E-state index contributed by atoms with van der Waals surface area (Å²) < 4.78 is 38.9. The van der Waals surface area contributed by atoms with Gasteiger partial charge in [0.05, 0.1) is 11.5 Å². The van der Waals surface area contributed by atoms with Crippen LogP contribution in [0, 0.1) is 10.1 Å². The van der Waals surface area contributed by atoms with Gasteiger partial charge in [-0.15, -0.1) is 5.10 Å². The number of rotatable bonds is 3. The molecule has 0 fully saturated rings. The van der Waals surface area contributed by atoms with E-state index in [1.807, 2.05) is 0 Å². The number of hydrogen-bond acceptors (Lipinski definition) is 4. The number of halogens is 3. The molecule has 0 saturated heterocycles. The molecule has 0 aliphatic carbocycles. The highest BCUT2D eigenvalue weighted by molar-refractivity contribution is 5.32. The first kappa shape index (κ1) is 14.8. The fraction of sp³-hybridized carbons (Fsp3) is 0.273. The van der Waals surface area contributed by atoms with Crippen LogP contribution in [0.5, 0.6) is 0 Å². The van der Waals surface area contributed by atoms with Crippen LogP contribution in [0.1, 0.15) is 11.4 Å². The van der Waals surface area contributed by atoms with E-state index in [-0.39, 0.29) is 12.2 Å². The second-order valence-corrected chi connectivity index (χ2v) is 4.24. The summed E-state index contributed by atoms with van der Waals surface area (Å²) in [5.41, 5.74) is -0.640. The zero-order chi connectivity index (χ0) is 15.8. The van der Waals surface area contributed by atoms with Crippen molar-refractivity contribution in [3.8, 4) is 0 Å². The molecule has 1 aromatic heterocycles. The average Bonchev–Trinajstić information content (AvgIpc) is 2.67. The van der Waals surface area contributed by atoms with Crippen LogP contribution in [0.2, 0.25) is 0 Å². The molecule has 0 atom stereocenters. The fourth-order valence-corrected chi connectivity index (χ4v) is 1.73. The lowest BCUT2D eigenvalue weighted by Gasteiger charge is -2.02. The minimum absolute atomic E-state index is 0.150. The molecule has 10 heteroatoms. The van der Waals surface area contributed by atoms with Crippen molar-refractivity contribution in [3.05, 3.63) is 56.3 Å². The fourth-order valence-electron chi connectivity index (χ4n) is 1.73. The normalized spacial score (nSPS) is 11.6. The Morgan fingerprint density at radius 3 is 2.29 bits per heavy atom. The van der Waals surface area contributed by atoms with Gasteiger partial charge in [0, 0.05) is 19.2 Å². The monoisotopic (exact) mass is 302 g/mol. The number of nitrogens with zero attached hydrogens (tertiary/aromatic N) is 4. The van der Waals surface area contributed by atoms with Crippen LogP contribution in [0.3, 0.4) is 0 Å². The van der Waals surface area contributed by atoms with Crippen molar-refractivity contribution in [3.63, 3.8) is 0 Å². The maximum absolute atomic E-state index is 12.6. The smallest absolute Gasteiger partial charge is 0.274 e. The van der Waals surface area contributed by atoms with Crippen LogP contribution in [-0.2, 0) is 19.8 Å². The van der Waals surface area contributed by atoms with E-state index >= 15 is 0 Å². The second-order valence-electron chi connectivity index (χ2n) is 4.24. The SMILES string of the molecule is Cn1c(C(F)(F)F)nn(Cc2ccc([N+](=O)[O-])cc2)c1=O. The molecule has 2 rings (SSSR count). The zero-order valence-corrected chi connectivity index (χ0v) is 10.7. The van der Waals surface area contributed by atoms with E-state index in [1.54, 1.807) is 0 Å². The van der Waals surface area contributed by atoms with Crippen LogP contribution in [0.25, 0.3) is 0 Å². The van der Waals surface area contributed by atoms with Crippen molar-refractivity contribution in [1.29, 1.82) is 0 Å². The topological polar surface area (TPSA) is 83.0 Å². The summed E-state index contributed by atoms with van der Waals surface area (Å²) in [4.78, 5) is 21.6. The summed E-state index contributed by atoms with van der Waals surface area (Å²) in [5, 5.41) is 13.7. The van der Waals surface area contributed by atoms with Crippen molar-refractivity contribution in [2.75, 3.05) is 0 Å². The van der Waals surface area contributed by atoms with E-state index in [2.05, 4.69) is 5.10 Å². The molecule has 0 amide bonds. The van der Waals surface area contributed by atoms with Gasteiger partial charge in [-0.1, -0.05) is 12.1 Å². The molecule has 112 valence electrons. The van der Waals surface area contributed by atoms with Crippen molar-refractivity contribution in [2.45, 2.75) is 12.7 Å². The molecule has 0 unspecified atom stereocenters. The van der Waals surface area contributed by atoms with Gasteiger partial charge in [-0.3, -0.25) is 14.7 Å². The summed E-state index contributed by atoms with van der Waals surface area (Å²) in [5.74, 6) is -1.30. The lowest BCUT2D eigenvalue weighted by Crippen LogP contribution is -2.24. The lowest BCUT2D eigenvalue weighted by atomic mass is 10.2. The molecule has 21 heavy (non-hydrogen) atoms. The van der Waals surface area contributed by atoms with Gasteiger partial charge in [0.15, 0.2) is 0 Å². The summed E-state index contributed by atoms with van der Waals surface area (Å²) in [6, 6.07) is 5.11. The zero-order valence-electron chi connectivity index (χ0n) is 10.7. The first-order valence-corrected chi connectivity index (χ1v) is 5.64. The van der Waals surface area contributed by atoms with Crippen molar-refractivity contribution < 1.29 is 18.1 Å². The lowest BCUT2D eigenvalue weighted by molar-refractivity contribution is -0.384. The first-order chi connectivity index (χ1) is 9.70. The van der Waals surface area contributed by atoms with E-state index in [9.17, 15) is 28.1 Å².